The van der Waals surface area contributed by atoms with Gasteiger partial charge >= 0.3 is 5.97 Å². The average molecular weight is 321 g/mol. The Kier molecular flexibility index (Phi) is 4.85. The summed E-state index contributed by atoms with van der Waals surface area (Å²) in [7, 11) is 0. The van der Waals surface area contributed by atoms with Gasteiger partial charge in [0.05, 0.1) is 11.3 Å². The van der Waals surface area contributed by atoms with Crippen LogP contribution in [-0.2, 0) is 4.79 Å². The number of aromatic carboxylic acids is 1. The summed E-state index contributed by atoms with van der Waals surface area (Å²) in [4.78, 5) is 22.8. The van der Waals surface area contributed by atoms with Gasteiger partial charge in [0.2, 0.25) is 0 Å². The second kappa shape index (κ2) is 6.82. The molecule has 2 aromatic carbocycles. The first-order valence-electron chi connectivity index (χ1n) is 6.18. The van der Waals surface area contributed by atoms with Gasteiger partial charge < -0.3 is 20.3 Å². The molecule has 0 aliphatic carbocycles. The minimum atomic E-state index is -1.30. The van der Waals surface area contributed by atoms with Crippen LogP contribution in [0.4, 0.5) is 5.69 Å². The minimum absolute atomic E-state index is 0.0387. The highest BCUT2D eigenvalue weighted by Gasteiger charge is 2.12. The monoisotopic (exact) mass is 320 g/mol. The molecule has 0 saturated carbocycles. The van der Waals surface area contributed by atoms with Gasteiger partial charge in [-0.2, -0.15) is 0 Å². The predicted octanol–water partition coefficient (Wildman–Crippen LogP) is 2.13. The molecule has 0 atom stereocenters. The van der Waals surface area contributed by atoms with Crippen LogP contribution in [-0.4, -0.2) is 23.6 Å². The number of hydrogen-bond donors (Lipinski definition) is 2. The Morgan fingerprint density at radius 2 is 1.86 bits per heavy atom. The molecule has 0 bridgehead atoms. The lowest BCUT2D eigenvalue weighted by Gasteiger charge is -2.12. The lowest BCUT2D eigenvalue weighted by Crippen LogP contribution is -2.21. The zero-order valence-corrected chi connectivity index (χ0v) is 12.0. The molecule has 0 heterocycles. The summed E-state index contributed by atoms with van der Waals surface area (Å²) >= 11 is 5.73. The first-order valence-corrected chi connectivity index (χ1v) is 6.56. The van der Waals surface area contributed by atoms with Gasteiger partial charge in [-0.05, 0) is 30.3 Å². The molecule has 0 aromatic heterocycles. The van der Waals surface area contributed by atoms with E-state index in [-0.39, 0.29) is 17.9 Å². The van der Waals surface area contributed by atoms with Crippen LogP contribution in [0.1, 0.15) is 10.4 Å². The third-order valence-electron chi connectivity index (χ3n) is 2.68. The van der Waals surface area contributed by atoms with Gasteiger partial charge in [0, 0.05) is 5.02 Å². The van der Waals surface area contributed by atoms with Crippen molar-refractivity contribution in [2.45, 2.75) is 0 Å². The second-order valence-electron chi connectivity index (χ2n) is 4.30. The van der Waals surface area contributed by atoms with Crippen LogP contribution < -0.4 is 15.2 Å². The number of carbonyl (C=O) groups is 2. The van der Waals surface area contributed by atoms with Gasteiger partial charge in [0.1, 0.15) is 5.75 Å². The highest BCUT2D eigenvalue weighted by Crippen LogP contribution is 2.20. The number of hydrogen-bond acceptors (Lipinski definition) is 4. The number of ether oxygens (including phenoxy) is 1. The van der Waals surface area contributed by atoms with E-state index in [1.165, 1.54) is 12.1 Å². The van der Waals surface area contributed by atoms with E-state index >= 15 is 0 Å². The molecule has 0 saturated heterocycles. The first kappa shape index (κ1) is 15.7. The number of amides is 1. The van der Waals surface area contributed by atoms with Crippen molar-refractivity contribution in [2.24, 2.45) is 0 Å². The summed E-state index contributed by atoms with van der Waals surface area (Å²) in [5.74, 6) is -1.84. The number of anilines is 1. The van der Waals surface area contributed by atoms with Crippen LogP contribution in [0.15, 0.2) is 42.5 Å². The zero-order valence-electron chi connectivity index (χ0n) is 11.2. The van der Waals surface area contributed by atoms with Crippen LogP contribution in [0.2, 0.25) is 5.02 Å². The number of rotatable bonds is 5. The molecule has 2 aromatic rings. The van der Waals surface area contributed by atoms with Gasteiger partial charge in [-0.3, -0.25) is 4.79 Å². The van der Waals surface area contributed by atoms with E-state index in [9.17, 15) is 14.7 Å². The van der Waals surface area contributed by atoms with Crippen molar-refractivity contribution in [1.29, 1.82) is 0 Å². The number of benzene rings is 2. The SMILES string of the molecule is O=C(COc1ccc(Cl)cc1)Nc1ccc([O-])cc1C(=O)O. The van der Waals surface area contributed by atoms with E-state index in [1.54, 1.807) is 24.3 Å². The Hall–Kier alpha value is -2.73. The van der Waals surface area contributed by atoms with Crippen molar-refractivity contribution in [3.63, 3.8) is 0 Å². The van der Waals surface area contributed by atoms with Gasteiger partial charge in [-0.15, -0.1) is 5.75 Å². The first-order chi connectivity index (χ1) is 10.5. The van der Waals surface area contributed by atoms with E-state index in [2.05, 4.69) is 5.32 Å². The summed E-state index contributed by atoms with van der Waals surface area (Å²) in [5.41, 5.74) is -0.232. The maximum absolute atomic E-state index is 11.8. The van der Waals surface area contributed by atoms with Crippen LogP contribution in [0.5, 0.6) is 11.5 Å². The van der Waals surface area contributed by atoms with Gasteiger partial charge in [0.25, 0.3) is 5.91 Å². The number of carbonyl (C=O) groups excluding carboxylic acids is 1. The Balaban J connectivity index is 2.00. The molecule has 2 rings (SSSR count). The van der Waals surface area contributed by atoms with Gasteiger partial charge in [-0.1, -0.05) is 23.7 Å². The number of carboxylic acids is 1. The molecular formula is C15H11ClNO5-. The summed E-state index contributed by atoms with van der Waals surface area (Å²) < 4.78 is 5.24. The molecular weight excluding hydrogens is 310 g/mol. The molecule has 1 amide bonds. The average Bonchev–Trinajstić information content (AvgIpc) is 2.48. The third kappa shape index (κ3) is 4.13. The van der Waals surface area contributed by atoms with E-state index in [0.29, 0.717) is 10.8 Å². The lowest BCUT2D eigenvalue weighted by molar-refractivity contribution is -0.268. The molecule has 0 fully saturated rings. The quantitative estimate of drug-likeness (QED) is 0.879. The zero-order chi connectivity index (χ0) is 16.1. The van der Waals surface area contributed by atoms with Crippen molar-refractivity contribution in [3.8, 4) is 11.5 Å². The molecule has 6 nitrogen and oxygen atoms in total. The molecule has 0 aliphatic heterocycles. The molecule has 2 N–H and O–H groups in total. The summed E-state index contributed by atoms with van der Waals surface area (Å²) in [5, 5.41) is 23.1. The van der Waals surface area contributed by atoms with Gasteiger partial charge in [-0.25, -0.2) is 4.79 Å². The molecule has 114 valence electrons. The molecule has 0 aliphatic rings. The Morgan fingerprint density at radius 3 is 2.50 bits per heavy atom. The van der Waals surface area contributed by atoms with Crippen molar-refractivity contribution < 1.29 is 24.5 Å². The van der Waals surface area contributed by atoms with Crippen LogP contribution in [0, 0.1) is 0 Å². The fraction of sp³-hybridized carbons (Fsp3) is 0.0667. The Morgan fingerprint density at radius 1 is 1.18 bits per heavy atom. The predicted molar refractivity (Wildman–Crippen MR) is 78.4 cm³/mol. The van der Waals surface area contributed by atoms with Crippen molar-refractivity contribution >= 4 is 29.2 Å². The van der Waals surface area contributed by atoms with E-state index in [1.807, 2.05) is 0 Å². The lowest BCUT2D eigenvalue weighted by atomic mass is 10.1. The van der Waals surface area contributed by atoms with Crippen LogP contribution in [0.25, 0.3) is 0 Å². The van der Waals surface area contributed by atoms with E-state index in [4.69, 9.17) is 21.4 Å². The largest absolute Gasteiger partial charge is 0.872 e. The number of nitrogens with one attached hydrogen (secondary N) is 1. The van der Waals surface area contributed by atoms with E-state index in [0.717, 1.165) is 6.07 Å². The Labute approximate surface area is 130 Å². The normalized spacial score (nSPS) is 10.0. The molecule has 0 unspecified atom stereocenters. The molecule has 22 heavy (non-hydrogen) atoms. The molecule has 0 radical (unpaired) electrons. The highest BCUT2D eigenvalue weighted by molar-refractivity contribution is 6.30. The van der Waals surface area contributed by atoms with Crippen LogP contribution >= 0.6 is 11.6 Å². The maximum atomic E-state index is 11.8. The van der Waals surface area contributed by atoms with Gasteiger partial charge in [0.15, 0.2) is 6.61 Å². The fourth-order valence-corrected chi connectivity index (χ4v) is 1.80. The molecule has 7 heteroatoms. The van der Waals surface area contributed by atoms with Crippen molar-refractivity contribution in [3.05, 3.63) is 53.1 Å². The minimum Gasteiger partial charge on any atom is -0.872 e. The third-order valence-corrected chi connectivity index (χ3v) is 2.93. The second-order valence-corrected chi connectivity index (χ2v) is 4.74. The standard InChI is InChI=1S/C15H12ClNO5/c16-9-1-4-11(5-2-9)22-8-14(19)17-13-6-3-10(18)7-12(13)15(20)21/h1-7,18H,8H2,(H,17,19)(H,20,21)/p-1. The maximum Gasteiger partial charge on any atom is 0.337 e. The smallest absolute Gasteiger partial charge is 0.337 e. The Bertz CT molecular complexity index is 700. The van der Waals surface area contributed by atoms with Crippen molar-refractivity contribution in [1.82, 2.24) is 0 Å². The van der Waals surface area contributed by atoms with Crippen LogP contribution in [0.3, 0.4) is 0 Å². The topological polar surface area (TPSA) is 98.7 Å². The fourth-order valence-electron chi connectivity index (χ4n) is 1.68. The molecule has 0 spiro atoms. The summed E-state index contributed by atoms with van der Waals surface area (Å²) in [6, 6.07) is 9.79. The van der Waals surface area contributed by atoms with E-state index < -0.39 is 17.6 Å². The highest BCUT2D eigenvalue weighted by atomic mass is 35.5. The van der Waals surface area contributed by atoms with Crippen molar-refractivity contribution in [2.75, 3.05) is 11.9 Å². The number of carboxylic acid groups (broad SMARTS) is 1. The summed E-state index contributed by atoms with van der Waals surface area (Å²) in [6.45, 7) is -0.306. The number of halogens is 1. The summed E-state index contributed by atoms with van der Waals surface area (Å²) in [6.07, 6.45) is 0.